The summed E-state index contributed by atoms with van der Waals surface area (Å²) in [5.74, 6) is 0. The van der Waals surface area contributed by atoms with Crippen molar-refractivity contribution in [2.45, 2.75) is 20.8 Å². The molecule has 0 aliphatic rings. The highest BCUT2D eigenvalue weighted by molar-refractivity contribution is 5.59. The highest BCUT2D eigenvalue weighted by atomic mass is 15.1. The van der Waals surface area contributed by atoms with E-state index in [0.29, 0.717) is 0 Å². The Morgan fingerprint density at radius 1 is 1.21 bits per heavy atom. The molecule has 3 heteroatoms. The Bertz CT molecular complexity index is 457. The van der Waals surface area contributed by atoms with Crippen molar-refractivity contribution >= 4 is 0 Å². The molecule has 0 amide bonds. The molecule has 0 saturated carbocycles. The number of hydrogen-bond donors (Lipinski definition) is 1. The number of rotatable bonds is 1. The second kappa shape index (κ2) is 3.25. The van der Waals surface area contributed by atoms with Gasteiger partial charge in [-0.3, -0.25) is 10.1 Å². The zero-order valence-corrected chi connectivity index (χ0v) is 8.63. The zero-order chi connectivity index (χ0) is 10.1. The molecule has 0 aromatic carbocycles. The van der Waals surface area contributed by atoms with Crippen LogP contribution in [-0.4, -0.2) is 15.2 Å². The van der Waals surface area contributed by atoms with Gasteiger partial charge in [0.2, 0.25) is 0 Å². The van der Waals surface area contributed by atoms with Gasteiger partial charge in [0.05, 0.1) is 5.69 Å². The second-order valence-corrected chi connectivity index (χ2v) is 3.54. The Balaban J connectivity index is 2.55. The van der Waals surface area contributed by atoms with Crippen molar-refractivity contribution in [3.63, 3.8) is 0 Å². The van der Waals surface area contributed by atoms with Gasteiger partial charge in [0.15, 0.2) is 0 Å². The van der Waals surface area contributed by atoms with E-state index in [0.717, 1.165) is 17.1 Å². The van der Waals surface area contributed by atoms with Gasteiger partial charge in [-0.15, -0.1) is 0 Å². The monoisotopic (exact) mass is 187 g/mol. The molecule has 0 spiro atoms. The predicted octanol–water partition coefficient (Wildman–Crippen LogP) is 2.40. The van der Waals surface area contributed by atoms with Crippen molar-refractivity contribution in [2.24, 2.45) is 0 Å². The summed E-state index contributed by atoms with van der Waals surface area (Å²) in [5.41, 5.74) is 5.36. The summed E-state index contributed by atoms with van der Waals surface area (Å²) in [6.07, 6.45) is 1.81. The van der Waals surface area contributed by atoms with Crippen LogP contribution < -0.4 is 0 Å². The number of pyridine rings is 1. The van der Waals surface area contributed by atoms with Gasteiger partial charge in [-0.1, -0.05) is 0 Å². The molecule has 0 unspecified atom stereocenters. The molecule has 0 bridgehead atoms. The Labute approximate surface area is 83.2 Å². The lowest BCUT2D eigenvalue weighted by Gasteiger charge is -1.98. The van der Waals surface area contributed by atoms with Crippen LogP contribution in [0.5, 0.6) is 0 Å². The maximum atomic E-state index is 4.30. The van der Waals surface area contributed by atoms with E-state index in [2.05, 4.69) is 29.0 Å². The second-order valence-electron chi connectivity index (χ2n) is 3.54. The van der Waals surface area contributed by atoms with Crippen LogP contribution in [0.25, 0.3) is 11.4 Å². The average Bonchev–Trinajstić information content (AvgIpc) is 2.48. The average molecular weight is 187 g/mol. The molecule has 2 aromatic heterocycles. The standard InChI is InChI=1S/C11H13N3/c1-7-4-5-12-10(6-7)11-8(2)9(3)13-14-11/h4-6H,1-3H3,(H,13,14). The SMILES string of the molecule is Cc1ccnc(-c2n[nH]c(C)c2C)c1. The summed E-state index contributed by atoms with van der Waals surface area (Å²) in [5, 5.41) is 7.20. The summed E-state index contributed by atoms with van der Waals surface area (Å²) in [4.78, 5) is 4.30. The quantitative estimate of drug-likeness (QED) is 0.744. The fourth-order valence-electron chi connectivity index (χ4n) is 1.40. The molecule has 0 radical (unpaired) electrons. The summed E-state index contributed by atoms with van der Waals surface area (Å²) < 4.78 is 0. The molecular formula is C11H13N3. The molecule has 1 N–H and O–H groups in total. The van der Waals surface area contributed by atoms with Crippen molar-refractivity contribution in [3.05, 3.63) is 35.2 Å². The molecule has 2 aromatic rings. The van der Waals surface area contributed by atoms with E-state index in [4.69, 9.17) is 0 Å². The Hall–Kier alpha value is -1.64. The van der Waals surface area contributed by atoms with Crippen LogP contribution in [0.1, 0.15) is 16.8 Å². The molecule has 0 aliphatic carbocycles. The number of aromatic nitrogens is 3. The highest BCUT2D eigenvalue weighted by Crippen LogP contribution is 2.20. The third-order valence-electron chi connectivity index (χ3n) is 2.41. The summed E-state index contributed by atoms with van der Waals surface area (Å²) in [6, 6.07) is 4.03. The van der Waals surface area contributed by atoms with E-state index in [1.54, 1.807) is 0 Å². The van der Waals surface area contributed by atoms with Crippen molar-refractivity contribution < 1.29 is 0 Å². The van der Waals surface area contributed by atoms with Crippen LogP contribution >= 0.6 is 0 Å². The van der Waals surface area contributed by atoms with Crippen LogP contribution in [0.2, 0.25) is 0 Å². The van der Waals surface area contributed by atoms with Gasteiger partial charge in [0, 0.05) is 11.9 Å². The van der Waals surface area contributed by atoms with Gasteiger partial charge in [0.25, 0.3) is 0 Å². The first kappa shape index (κ1) is 8.94. The number of nitrogens with zero attached hydrogens (tertiary/aromatic N) is 2. The Morgan fingerprint density at radius 3 is 2.57 bits per heavy atom. The maximum Gasteiger partial charge on any atom is 0.114 e. The number of aromatic amines is 1. The molecule has 2 heterocycles. The van der Waals surface area contributed by atoms with Crippen LogP contribution in [0.4, 0.5) is 0 Å². The third-order valence-corrected chi connectivity index (χ3v) is 2.41. The first-order valence-electron chi connectivity index (χ1n) is 4.63. The lowest BCUT2D eigenvalue weighted by Crippen LogP contribution is -1.86. The van der Waals surface area contributed by atoms with E-state index in [-0.39, 0.29) is 0 Å². The molecule has 3 nitrogen and oxygen atoms in total. The molecule has 0 fully saturated rings. The molecule has 2 rings (SSSR count). The Kier molecular flexibility index (Phi) is 2.08. The zero-order valence-electron chi connectivity index (χ0n) is 8.63. The van der Waals surface area contributed by atoms with Gasteiger partial charge >= 0.3 is 0 Å². The molecule has 0 atom stereocenters. The fourth-order valence-corrected chi connectivity index (χ4v) is 1.40. The van der Waals surface area contributed by atoms with E-state index in [1.165, 1.54) is 11.1 Å². The first-order valence-corrected chi connectivity index (χ1v) is 4.63. The lowest BCUT2D eigenvalue weighted by molar-refractivity contribution is 1.04. The number of aryl methyl sites for hydroxylation is 2. The largest absolute Gasteiger partial charge is 0.282 e. The lowest BCUT2D eigenvalue weighted by atomic mass is 10.1. The van der Waals surface area contributed by atoms with Gasteiger partial charge in [0.1, 0.15) is 5.69 Å². The van der Waals surface area contributed by atoms with Crippen molar-refractivity contribution in [2.75, 3.05) is 0 Å². The van der Waals surface area contributed by atoms with Crippen LogP contribution in [0.15, 0.2) is 18.3 Å². The van der Waals surface area contributed by atoms with Crippen molar-refractivity contribution in [3.8, 4) is 11.4 Å². The maximum absolute atomic E-state index is 4.30. The fraction of sp³-hybridized carbons (Fsp3) is 0.273. The minimum absolute atomic E-state index is 0.937. The first-order chi connectivity index (χ1) is 6.68. The molecule has 14 heavy (non-hydrogen) atoms. The number of H-pyrrole nitrogens is 1. The van der Waals surface area contributed by atoms with Gasteiger partial charge in [-0.25, -0.2) is 0 Å². The highest BCUT2D eigenvalue weighted by Gasteiger charge is 2.08. The van der Waals surface area contributed by atoms with E-state index in [9.17, 15) is 0 Å². The summed E-state index contributed by atoms with van der Waals surface area (Å²) in [7, 11) is 0. The van der Waals surface area contributed by atoms with Crippen LogP contribution in [-0.2, 0) is 0 Å². The normalized spacial score (nSPS) is 10.5. The van der Waals surface area contributed by atoms with Crippen molar-refractivity contribution in [1.29, 1.82) is 0 Å². The number of nitrogens with one attached hydrogen (secondary N) is 1. The smallest absolute Gasteiger partial charge is 0.114 e. The summed E-state index contributed by atoms with van der Waals surface area (Å²) >= 11 is 0. The molecule has 0 saturated heterocycles. The van der Waals surface area contributed by atoms with Gasteiger partial charge in [-0.2, -0.15) is 5.10 Å². The van der Waals surface area contributed by atoms with Crippen LogP contribution in [0, 0.1) is 20.8 Å². The minimum atomic E-state index is 0.937. The molecular weight excluding hydrogens is 174 g/mol. The van der Waals surface area contributed by atoms with E-state index < -0.39 is 0 Å². The van der Waals surface area contributed by atoms with E-state index in [1.807, 2.05) is 25.3 Å². The number of hydrogen-bond acceptors (Lipinski definition) is 2. The topological polar surface area (TPSA) is 41.6 Å². The predicted molar refractivity (Wildman–Crippen MR) is 56.0 cm³/mol. The van der Waals surface area contributed by atoms with Crippen molar-refractivity contribution in [1.82, 2.24) is 15.2 Å². The third kappa shape index (κ3) is 1.41. The molecule has 0 aliphatic heterocycles. The minimum Gasteiger partial charge on any atom is -0.282 e. The van der Waals surface area contributed by atoms with Crippen LogP contribution in [0.3, 0.4) is 0 Å². The van der Waals surface area contributed by atoms with E-state index >= 15 is 0 Å². The van der Waals surface area contributed by atoms with Gasteiger partial charge in [-0.05, 0) is 44.0 Å². The van der Waals surface area contributed by atoms with Gasteiger partial charge < -0.3 is 0 Å². The molecule has 72 valence electrons. The Morgan fingerprint density at radius 2 is 2.00 bits per heavy atom. The summed E-state index contributed by atoms with van der Waals surface area (Å²) in [6.45, 7) is 6.12.